The maximum absolute atomic E-state index is 13.8. The van der Waals surface area contributed by atoms with Gasteiger partial charge < -0.3 is 5.32 Å². The minimum atomic E-state index is -4.58. The molecule has 5 aromatic rings. The lowest BCUT2D eigenvalue weighted by Crippen LogP contribution is -2.13. The van der Waals surface area contributed by atoms with E-state index in [4.69, 9.17) is 5.14 Å². The fourth-order valence-corrected chi connectivity index (χ4v) is 4.33. The van der Waals surface area contributed by atoms with Crippen LogP contribution in [-0.2, 0) is 22.7 Å². The first-order valence-electron chi connectivity index (χ1n) is 10.8. The Morgan fingerprint density at radius 1 is 1.00 bits per heavy atom. The number of rotatable bonds is 6. The molecule has 13 heteroatoms. The fourth-order valence-electron chi connectivity index (χ4n) is 3.83. The monoisotopic (exact) mass is 525 g/mol. The first kappa shape index (κ1) is 24.3. The van der Waals surface area contributed by atoms with Gasteiger partial charge in [0.2, 0.25) is 10.0 Å². The van der Waals surface area contributed by atoms with Crippen LogP contribution in [0.5, 0.6) is 0 Å². The number of benzene rings is 1. The van der Waals surface area contributed by atoms with Gasteiger partial charge in [-0.05, 0) is 35.9 Å². The molecular formula is C24H18F3N7O2S. The number of sulfonamides is 1. The van der Waals surface area contributed by atoms with E-state index < -0.39 is 21.8 Å². The van der Waals surface area contributed by atoms with Gasteiger partial charge in [0.1, 0.15) is 10.4 Å². The quantitative estimate of drug-likeness (QED) is 0.341. The lowest BCUT2D eigenvalue weighted by Gasteiger charge is -2.14. The summed E-state index contributed by atoms with van der Waals surface area (Å²) >= 11 is 0. The molecule has 0 aliphatic carbocycles. The largest absolute Gasteiger partial charge is 0.417 e. The van der Waals surface area contributed by atoms with Gasteiger partial charge in [0, 0.05) is 35.9 Å². The van der Waals surface area contributed by atoms with Crippen LogP contribution < -0.4 is 10.5 Å². The number of fused-ring (bicyclic) bond motifs is 1. The van der Waals surface area contributed by atoms with E-state index in [1.807, 2.05) is 0 Å². The zero-order valence-corrected chi connectivity index (χ0v) is 19.7. The van der Waals surface area contributed by atoms with Crippen molar-refractivity contribution in [3.05, 3.63) is 90.6 Å². The number of halogens is 3. The normalized spacial score (nSPS) is 12.1. The molecular weight excluding hydrogens is 507 g/mol. The second-order valence-electron chi connectivity index (χ2n) is 7.98. The molecule has 4 aromatic heterocycles. The number of pyridine rings is 2. The summed E-state index contributed by atoms with van der Waals surface area (Å²) in [5.74, 6) is 0.300. The van der Waals surface area contributed by atoms with Crippen LogP contribution in [0.15, 0.2) is 84.3 Å². The first-order valence-corrected chi connectivity index (χ1v) is 12.3. The minimum absolute atomic E-state index is 0.0346. The predicted octanol–water partition coefficient (Wildman–Crippen LogP) is 4.13. The summed E-state index contributed by atoms with van der Waals surface area (Å²) in [6.45, 7) is 0.216. The van der Waals surface area contributed by atoms with E-state index in [1.165, 1.54) is 47.2 Å². The molecule has 37 heavy (non-hydrogen) atoms. The molecule has 4 heterocycles. The Balaban J connectivity index is 1.70. The van der Waals surface area contributed by atoms with E-state index in [9.17, 15) is 21.6 Å². The summed E-state index contributed by atoms with van der Waals surface area (Å²) in [6.07, 6.45) is 1.00. The molecule has 0 saturated carbocycles. The second-order valence-corrected chi connectivity index (χ2v) is 9.54. The number of primary sulfonamides is 1. The predicted molar refractivity (Wildman–Crippen MR) is 130 cm³/mol. The van der Waals surface area contributed by atoms with Crippen LogP contribution in [0.1, 0.15) is 11.3 Å². The van der Waals surface area contributed by atoms with Crippen molar-refractivity contribution in [3.63, 3.8) is 0 Å². The van der Waals surface area contributed by atoms with E-state index in [-0.39, 0.29) is 39.8 Å². The zero-order chi connectivity index (χ0) is 26.2. The maximum atomic E-state index is 13.8. The van der Waals surface area contributed by atoms with Crippen molar-refractivity contribution in [1.82, 2.24) is 24.6 Å². The highest BCUT2D eigenvalue weighted by atomic mass is 32.2. The molecule has 9 nitrogen and oxygen atoms in total. The molecule has 0 aliphatic rings. The van der Waals surface area contributed by atoms with Gasteiger partial charge in [-0.15, -0.1) is 5.10 Å². The van der Waals surface area contributed by atoms with E-state index in [0.29, 0.717) is 11.2 Å². The van der Waals surface area contributed by atoms with Crippen LogP contribution in [0.25, 0.3) is 28.0 Å². The van der Waals surface area contributed by atoms with Crippen molar-refractivity contribution < 1.29 is 21.6 Å². The Hall–Kier alpha value is -4.36. The van der Waals surface area contributed by atoms with Crippen LogP contribution >= 0.6 is 0 Å². The van der Waals surface area contributed by atoms with Gasteiger partial charge in [-0.25, -0.2) is 23.1 Å². The standard InChI is InChI=1S/C24H18F3N7O2S/c25-24(26,27)20-7-2-1-6-18(20)19-8-10-34-21(19)23(31-13-16-5-3-4-9-30-16)32-22(33-34)15-11-17(14-29-12-15)37(28,35)36/h1-12,14H,13H2,(H2,28,35,36)(H,31,32,33). The fraction of sp³-hybridized carbons (Fsp3) is 0.0833. The topological polar surface area (TPSA) is 128 Å². The van der Waals surface area contributed by atoms with Crippen LogP contribution in [-0.4, -0.2) is 33.0 Å². The Morgan fingerprint density at radius 3 is 2.51 bits per heavy atom. The van der Waals surface area contributed by atoms with Crippen molar-refractivity contribution in [3.8, 4) is 22.5 Å². The molecule has 0 fully saturated rings. The lowest BCUT2D eigenvalue weighted by atomic mass is 10.0. The van der Waals surface area contributed by atoms with E-state index in [1.54, 1.807) is 24.4 Å². The first-order chi connectivity index (χ1) is 17.6. The Morgan fingerprint density at radius 2 is 1.78 bits per heavy atom. The summed E-state index contributed by atoms with van der Waals surface area (Å²) in [7, 11) is -4.04. The average molecular weight is 526 g/mol. The molecule has 188 valence electrons. The second kappa shape index (κ2) is 9.26. The van der Waals surface area contributed by atoms with E-state index in [2.05, 4.69) is 25.4 Å². The van der Waals surface area contributed by atoms with Crippen LogP contribution in [0.4, 0.5) is 19.0 Å². The number of anilines is 1. The number of hydrogen-bond donors (Lipinski definition) is 2. The van der Waals surface area contributed by atoms with E-state index >= 15 is 0 Å². The summed E-state index contributed by atoms with van der Waals surface area (Å²) in [5, 5.41) is 12.8. The number of hydrogen-bond acceptors (Lipinski definition) is 7. The van der Waals surface area contributed by atoms with Crippen molar-refractivity contribution in [2.24, 2.45) is 5.14 Å². The number of aromatic nitrogens is 5. The van der Waals surface area contributed by atoms with Crippen molar-refractivity contribution >= 4 is 21.4 Å². The van der Waals surface area contributed by atoms with Crippen LogP contribution in [0.3, 0.4) is 0 Å². The van der Waals surface area contributed by atoms with Crippen LogP contribution in [0.2, 0.25) is 0 Å². The van der Waals surface area contributed by atoms with E-state index in [0.717, 1.165) is 12.3 Å². The number of nitrogens with two attached hydrogens (primary N) is 1. The number of nitrogens with zero attached hydrogens (tertiary/aromatic N) is 5. The molecule has 0 aliphatic heterocycles. The average Bonchev–Trinajstić information content (AvgIpc) is 3.31. The summed E-state index contributed by atoms with van der Waals surface area (Å²) in [4.78, 5) is 12.5. The molecule has 0 amide bonds. The van der Waals surface area contributed by atoms with Crippen LogP contribution in [0, 0.1) is 0 Å². The highest BCUT2D eigenvalue weighted by Crippen LogP contribution is 2.40. The number of alkyl halides is 3. The lowest BCUT2D eigenvalue weighted by molar-refractivity contribution is -0.137. The molecule has 0 saturated heterocycles. The van der Waals surface area contributed by atoms with Gasteiger partial charge in [0.25, 0.3) is 0 Å². The van der Waals surface area contributed by atoms with Gasteiger partial charge in [-0.1, -0.05) is 24.3 Å². The molecule has 0 spiro atoms. The molecule has 0 unspecified atom stereocenters. The third kappa shape index (κ3) is 4.99. The maximum Gasteiger partial charge on any atom is 0.417 e. The van der Waals surface area contributed by atoms with Gasteiger partial charge in [-0.2, -0.15) is 13.2 Å². The highest BCUT2D eigenvalue weighted by Gasteiger charge is 2.34. The van der Waals surface area contributed by atoms with Crippen molar-refractivity contribution in [2.45, 2.75) is 17.6 Å². The Labute approximate surface area is 208 Å². The minimum Gasteiger partial charge on any atom is -0.363 e. The van der Waals surface area contributed by atoms with Gasteiger partial charge in [-0.3, -0.25) is 9.97 Å². The molecule has 0 bridgehead atoms. The number of nitrogens with one attached hydrogen (secondary N) is 1. The van der Waals surface area contributed by atoms with Crippen molar-refractivity contribution in [1.29, 1.82) is 0 Å². The smallest absolute Gasteiger partial charge is 0.363 e. The van der Waals surface area contributed by atoms with Gasteiger partial charge in [0.05, 0.1) is 17.8 Å². The highest BCUT2D eigenvalue weighted by molar-refractivity contribution is 7.89. The summed E-state index contributed by atoms with van der Waals surface area (Å²) in [6, 6.07) is 13.4. The summed E-state index contributed by atoms with van der Waals surface area (Å²) in [5.41, 5.74) is 0.648. The molecule has 0 atom stereocenters. The molecule has 3 N–H and O–H groups in total. The molecule has 5 rings (SSSR count). The zero-order valence-electron chi connectivity index (χ0n) is 18.9. The van der Waals surface area contributed by atoms with Crippen molar-refractivity contribution in [2.75, 3.05) is 5.32 Å². The Kier molecular flexibility index (Phi) is 6.09. The molecule has 1 aromatic carbocycles. The van der Waals surface area contributed by atoms with Gasteiger partial charge >= 0.3 is 6.18 Å². The Bertz CT molecular complexity index is 1710. The molecule has 0 radical (unpaired) electrons. The SMILES string of the molecule is NS(=O)(=O)c1cncc(-c2nc(NCc3ccccn3)c3c(-c4ccccc4C(F)(F)F)ccn3n2)c1. The third-order valence-corrected chi connectivity index (χ3v) is 6.38. The summed E-state index contributed by atoms with van der Waals surface area (Å²) < 4.78 is 66.4. The van der Waals surface area contributed by atoms with Gasteiger partial charge in [0.15, 0.2) is 11.6 Å². The third-order valence-electron chi connectivity index (χ3n) is 5.50.